The normalized spacial score (nSPS) is 16.3. The fourth-order valence-corrected chi connectivity index (χ4v) is 4.19. The molecule has 7 nitrogen and oxygen atoms in total. The fraction of sp³-hybridized carbons (Fsp3) is 0.292. The van der Waals surface area contributed by atoms with Crippen LogP contribution in [0, 0.1) is 12.7 Å². The molecule has 4 aromatic rings. The molecule has 1 aliphatic rings. The highest BCUT2D eigenvalue weighted by atomic mass is 19.1. The maximum Gasteiger partial charge on any atom is 0.168 e. The summed E-state index contributed by atoms with van der Waals surface area (Å²) in [5.41, 5.74) is 4.44. The lowest BCUT2D eigenvalue weighted by Gasteiger charge is -2.22. The van der Waals surface area contributed by atoms with Gasteiger partial charge in [0, 0.05) is 30.5 Å². The third-order valence-electron chi connectivity index (χ3n) is 6.17. The number of fused-ring (bicyclic) bond motifs is 1. The average molecular weight is 432 g/mol. The third-order valence-corrected chi connectivity index (χ3v) is 6.17. The summed E-state index contributed by atoms with van der Waals surface area (Å²) < 4.78 is 15.5. The van der Waals surface area contributed by atoms with Crippen LogP contribution in [0.3, 0.4) is 0 Å². The highest BCUT2D eigenvalue weighted by Crippen LogP contribution is 2.28. The molecule has 2 aromatic heterocycles. The Labute approximate surface area is 186 Å². The van der Waals surface area contributed by atoms with E-state index < -0.39 is 0 Å². The molecule has 2 aromatic carbocycles. The molecule has 0 radical (unpaired) electrons. The van der Waals surface area contributed by atoms with Crippen molar-refractivity contribution in [1.82, 2.24) is 24.6 Å². The van der Waals surface area contributed by atoms with Gasteiger partial charge in [-0.05, 0) is 69.4 Å². The number of nitrogens with one attached hydrogen (secondary N) is 1. The van der Waals surface area contributed by atoms with Crippen LogP contribution in [0.4, 0.5) is 21.6 Å². The van der Waals surface area contributed by atoms with E-state index in [1.54, 1.807) is 16.9 Å². The summed E-state index contributed by atoms with van der Waals surface area (Å²) in [6.07, 6.45) is 4.41. The number of nitrogens with zero attached hydrogens (tertiary/aromatic N) is 6. The molecule has 0 saturated carbocycles. The molecule has 1 aliphatic heterocycles. The first-order valence-electron chi connectivity index (χ1n) is 10.7. The predicted octanol–water partition coefficient (Wildman–Crippen LogP) is 4.15. The van der Waals surface area contributed by atoms with E-state index in [2.05, 4.69) is 68.5 Å². The number of rotatable bonds is 5. The van der Waals surface area contributed by atoms with Crippen LogP contribution in [0.15, 0.2) is 55.0 Å². The molecule has 5 rings (SSSR count). The molecule has 3 heterocycles. The summed E-state index contributed by atoms with van der Waals surface area (Å²) in [6, 6.07) is 13.6. The molecule has 0 spiro atoms. The van der Waals surface area contributed by atoms with E-state index in [0.29, 0.717) is 23.2 Å². The summed E-state index contributed by atoms with van der Waals surface area (Å²) >= 11 is 0. The average Bonchev–Trinajstić information content (AvgIpc) is 3.45. The second-order valence-corrected chi connectivity index (χ2v) is 8.47. The zero-order valence-corrected chi connectivity index (χ0v) is 18.5. The lowest BCUT2D eigenvalue weighted by Crippen LogP contribution is -2.31. The summed E-state index contributed by atoms with van der Waals surface area (Å²) in [5, 5.41) is 8.55. The maximum absolute atomic E-state index is 13.7. The van der Waals surface area contributed by atoms with Crippen molar-refractivity contribution in [3.63, 3.8) is 0 Å². The third kappa shape index (κ3) is 3.78. The van der Waals surface area contributed by atoms with Gasteiger partial charge in [-0.15, -0.1) is 0 Å². The van der Waals surface area contributed by atoms with Gasteiger partial charge in [0.1, 0.15) is 18.0 Å². The Morgan fingerprint density at radius 2 is 1.84 bits per heavy atom. The number of benzene rings is 2. The van der Waals surface area contributed by atoms with Gasteiger partial charge in [0.05, 0.1) is 17.3 Å². The number of aromatic nitrogens is 4. The molecule has 164 valence electrons. The van der Waals surface area contributed by atoms with E-state index >= 15 is 0 Å². The van der Waals surface area contributed by atoms with Crippen LogP contribution >= 0.6 is 0 Å². The van der Waals surface area contributed by atoms with Crippen molar-refractivity contribution in [1.29, 1.82) is 0 Å². The number of hydrogen-bond donors (Lipinski definition) is 1. The molecule has 0 unspecified atom stereocenters. The Kier molecular flexibility index (Phi) is 5.22. The second-order valence-electron chi connectivity index (χ2n) is 8.47. The fourth-order valence-electron chi connectivity index (χ4n) is 4.19. The first-order chi connectivity index (χ1) is 15.5. The summed E-state index contributed by atoms with van der Waals surface area (Å²) in [7, 11) is 4.28. The quantitative estimate of drug-likeness (QED) is 0.512. The molecule has 0 amide bonds. The Bertz CT molecular complexity index is 1250. The topological polar surface area (TPSA) is 62.1 Å². The summed E-state index contributed by atoms with van der Waals surface area (Å²) in [6.45, 7) is 4.03. The van der Waals surface area contributed by atoms with Crippen molar-refractivity contribution in [3.05, 3.63) is 66.4 Å². The van der Waals surface area contributed by atoms with Crippen molar-refractivity contribution >= 4 is 28.2 Å². The molecule has 1 atom stereocenters. The zero-order valence-electron chi connectivity index (χ0n) is 18.5. The van der Waals surface area contributed by atoms with Crippen LogP contribution < -0.4 is 10.2 Å². The van der Waals surface area contributed by atoms with Crippen molar-refractivity contribution < 1.29 is 4.39 Å². The van der Waals surface area contributed by atoms with Crippen molar-refractivity contribution in [2.45, 2.75) is 19.4 Å². The number of likely N-dealkylation sites (N-methyl/N-ethyl adjacent to an activating group) is 1. The van der Waals surface area contributed by atoms with Gasteiger partial charge in [-0.1, -0.05) is 6.07 Å². The van der Waals surface area contributed by atoms with Gasteiger partial charge in [0.25, 0.3) is 0 Å². The minimum atomic E-state index is -0.297. The molecule has 0 aliphatic carbocycles. The Hall–Kier alpha value is -3.52. The Morgan fingerprint density at radius 1 is 1.06 bits per heavy atom. The molecule has 1 N–H and O–H groups in total. The molecule has 0 bridgehead atoms. The molecule has 8 heteroatoms. The lowest BCUT2D eigenvalue weighted by atomic mass is 10.2. The van der Waals surface area contributed by atoms with E-state index in [9.17, 15) is 4.39 Å². The van der Waals surface area contributed by atoms with E-state index in [1.807, 2.05) is 6.92 Å². The van der Waals surface area contributed by atoms with E-state index in [1.165, 1.54) is 30.6 Å². The standard InChI is InChI=1S/C24H26FN7/c1-16-4-5-17(25)12-22(16)29-23-21-13-28-32(24(21)27-15-26-23)19-8-6-18(7-9-19)31-11-10-20(14-31)30(2)3/h4-9,12-13,15,20H,10-11,14H2,1-3H3,(H,26,27,29)/t20-/m0/s1. The summed E-state index contributed by atoms with van der Waals surface area (Å²) in [4.78, 5) is 13.5. The molecule has 32 heavy (non-hydrogen) atoms. The first kappa shape index (κ1) is 20.4. The van der Waals surface area contributed by atoms with Crippen LogP contribution in [0.2, 0.25) is 0 Å². The predicted molar refractivity (Wildman–Crippen MR) is 125 cm³/mol. The van der Waals surface area contributed by atoms with Gasteiger partial charge < -0.3 is 15.1 Å². The maximum atomic E-state index is 13.7. The van der Waals surface area contributed by atoms with Gasteiger partial charge in [-0.25, -0.2) is 19.0 Å². The van der Waals surface area contributed by atoms with Gasteiger partial charge in [0.2, 0.25) is 0 Å². The van der Waals surface area contributed by atoms with Crippen LogP contribution in [0.5, 0.6) is 0 Å². The lowest BCUT2D eigenvalue weighted by molar-refractivity contribution is 0.315. The molecule has 1 fully saturated rings. The van der Waals surface area contributed by atoms with Crippen LogP contribution in [0.1, 0.15) is 12.0 Å². The van der Waals surface area contributed by atoms with Gasteiger partial charge in [-0.3, -0.25) is 0 Å². The number of hydrogen-bond acceptors (Lipinski definition) is 6. The van der Waals surface area contributed by atoms with Gasteiger partial charge in [-0.2, -0.15) is 5.10 Å². The molecule has 1 saturated heterocycles. The molecular formula is C24H26FN7. The van der Waals surface area contributed by atoms with Gasteiger partial charge in [0.15, 0.2) is 5.65 Å². The molecular weight excluding hydrogens is 405 g/mol. The van der Waals surface area contributed by atoms with Crippen molar-refractivity contribution in [3.8, 4) is 5.69 Å². The Balaban J connectivity index is 1.42. The van der Waals surface area contributed by atoms with Crippen LogP contribution in [-0.2, 0) is 0 Å². The van der Waals surface area contributed by atoms with Crippen LogP contribution in [0.25, 0.3) is 16.7 Å². The Morgan fingerprint density at radius 3 is 2.59 bits per heavy atom. The highest BCUT2D eigenvalue weighted by Gasteiger charge is 2.24. The monoisotopic (exact) mass is 431 g/mol. The van der Waals surface area contributed by atoms with Crippen molar-refractivity contribution in [2.75, 3.05) is 37.4 Å². The smallest absolute Gasteiger partial charge is 0.168 e. The van der Waals surface area contributed by atoms with E-state index in [4.69, 9.17) is 0 Å². The van der Waals surface area contributed by atoms with E-state index in [0.717, 1.165) is 29.7 Å². The highest BCUT2D eigenvalue weighted by molar-refractivity contribution is 5.89. The second kappa shape index (κ2) is 8.20. The van der Waals surface area contributed by atoms with Crippen LogP contribution in [-0.4, -0.2) is 57.9 Å². The largest absolute Gasteiger partial charge is 0.370 e. The zero-order chi connectivity index (χ0) is 22.2. The number of aryl methyl sites for hydroxylation is 1. The van der Waals surface area contributed by atoms with E-state index in [-0.39, 0.29) is 5.82 Å². The minimum absolute atomic E-state index is 0.297. The minimum Gasteiger partial charge on any atom is -0.370 e. The van der Waals surface area contributed by atoms with Gasteiger partial charge >= 0.3 is 0 Å². The SMILES string of the molecule is Cc1ccc(F)cc1Nc1ncnc2c1cnn2-c1ccc(N2CC[C@H](N(C)C)C2)cc1. The number of anilines is 3. The van der Waals surface area contributed by atoms with Crippen molar-refractivity contribution in [2.24, 2.45) is 0 Å². The first-order valence-corrected chi connectivity index (χ1v) is 10.7. The summed E-state index contributed by atoms with van der Waals surface area (Å²) in [5.74, 6) is 0.299. The number of halogens is 1.